The zero-order chi connectivity index (χ0) is 12.4. The van der Waals surface area contributed by atoms with Crippen LogP contribution in [0.25, 0.3) is 11.5 Å². The molecule has 2 rings (SSSR count). The first-order valence-electron chi connectivity index (χ1n) is 4.50. The number of hydrogen-bond acceptors (Lipinski definition) is 4. The Bertz CT molecular complexity index is 525. The van der Waals surface area contributed by atoms with E-state index in [1.165, 1.54) is 13.3 Å². The summed E-state index contributed by atoms with van der Waals surface area (Å²) in [5, 5.41) is -0.671. The lowest BCUT2D eigenvalue weighted by Gasteiger charge is -2.03. The zero-order valence-electron chi connectivity index (χ0n) is 8.62. The van der Waals surface area contributed by atoms with Crippen molar-refractivity contribution >= 4 is 23.2 Å². The molecule has 0 radical (unpaired) electrons. The van der Waals surface area contributed by atoms with Gasteiger partial charge in [-0.3, -0.25) is 0 Å². The maximum Gasteiger partial charge on any atom is 0.197 e. The van der Waals surface area contributed by atoms with Gasteiger partial charge in [-0.15, -0.1) is 0 Å². The Morgan fingerprint density at radius 1 is 1.18 bits per heavy atom. The first-order valence-corrected chi connectivity index (χ1v) is 5.26. The Morgan fingerprint density at radius 3 is 2.29 bits per heavy atom. The van der Waals surface area contributed by atoms with Crippen molar-refractivity contribution in [2.45, 2.75) is 0 Å². The molecule has 4 nitrogen and oxygen atoms in total. The van der Waals surface area contributed by atoms with E-state index in [2.05, 4.69) is 15.0 Å². The number of aromatic nitrogens is 3. The fourth-order valence-electron chi connectivity index (χ4n) is 1.14. The van der Waals surface area contributed by atoms with E-state index < -0.39 is 5.82 Å². The molecule has 0 aliphatic carbocycles. The van der Waals surface area contributed by atoms with Crippen LogP contribution in [0.3, 0.4) is 0 Å². The molecule has 0 aliphatic rings. The summed E-state index contributed by atoms with van der Waals surface area (Å²) in [4.78, 5) is 11.5. The summed E-state index contributed by atoms with van der Waals surface area (Å²) in [6.45, 7) is 0. The van der Waals surface area contributed by atoms with Gasteiger partial charge in [0.2, 0.25) is 0 Å². The molecule has 0 N–H and O–H groups in total. The molecule has 7 heteroatoms. The molecular formula is C10H6Cl2FN3O. The number of rotatable bonds is 2. The molecule has 0 amide bonds. The molecule has 2 aromatic heterocycles. The van der Waals surface area contributed by atoms with Crippen LogP contribution in [0.4, 0.5) is 4.39 Å². The number of methoxy groups -OCH3 is 1. The molecule has 88 valence electrons. The summed E-state index contributed by atoms with van der Waals surface area (Å²) in [5.74, 6) is -0.0947. The Labute approximate surface area is 106 Å². The van der Waals surface area contributed by atoms with Crippen molar-refractivity contribution < 1.29 is 9.13 Å². The maximum absolute atomic E-state index is 13.1. The van der Waals surface area contributed by atoms with Crippen LogP contribution in [0.15, 0.2) is 18.3 Å². The summed E-state index contributed by atoms with van der Waals surface area (Å²) in [6.07, 6.45) is 1.49. The average molecular weight is 274 g/mol. The van der Waals surface area contributed by atoms with Gasteiger partial charge in [0.15, 0.2) is 21.9 Å². The van der Waals surface area contributed by atoms with Crippen LogP contribution < -0.4 is 4.74 Å². The van der Waals surface area contributed by atoms with Crippen LogP contribution in [0.1, 0.15) is 0 Å². The lowest BCUT2D eigenvalue weighted by molar-refractivity contribution is 0.413. The molecule has 0 unspecified atom stereocenters. The molecule has 0 bridgehead atoms. The fraction of sp³-hybridized carbons (Fsp3) is 0.100. The standard InChI is InChI=1S/C10H6Cl2FN3O/c1-17-5-2-3-6(14-4-5)10-15-8(11)7(13)9(12)16-10/h2-4H,1H3. The van der Waals surface area contributed by atoms with E-state index >= 15 is 0 Å². The van der Waals surface area contributed by atoms with E-state index in [1.54, 1.807) is 12.1 Å². The van der Waals surface area contributed by atoms with Gasteiger partial charge in [-0.05, 0) is 12.1 Å². The predicted molar refractivity (Wildman–Crippen MR) is 61.8 cm³/mol. The van der Waals surface area contributed by atoms with E-state index in [1.807, 2.05) is 0 Å². The molecule has 0 saturated heterocycles. The largest absolute Gasteiger partial charge is 0.495 e. The predicted octanol–water partition coefficient (Wildman–Crippen LogP) is 2.99. The van der Waals surface area contributed by atoms with Crippen LogP contribution >= 0.6 is 23.2 Å². The molecule has 0 aromatic carbocycles. The van der Waals surface area contributed by atoms with E-state index in [4.69, 9.17) is 27.9 Å². The number of halogens is 3. The molecule has 2 heterocycles. The lowest BCUT2D eigenvalue weighted by Crippen LogP contribution is -1.96. The van der Waals surface area contributed by atoms with Crippen LogP contribution in [0, 0.1) is 5.82 Å². The average Bonchev–Trinajstić information content (AvgIpc) is 2.35. The molecule has 0 saturated carbocycles. The highest BCUT2D eigenvalue weighted by molar-refractivity contribution is 6.33. The molecular weight excluding hydrogens is 268 g/mol. The van der Waals surface area contributed by atoms with Crippen molar-refractivity contribution in [1.29, 1.82) is 0 Å². The second-order valence-electron chi connectivity index (χ2n) is 3.03. The summed E-state index contributed by atoms with van der Waals surface area (Å²) in [7, 11) is 1.53. The number of nitrogens with zero attached hydrogens (tertiary/aromatic N) is 3. The number of hydrogen-bond donors (Lipinski definition) is 0. The minimum absolute atomic E-state index is 0.157. The lowest BCUT2D eigenvalue weighted by atomic mass is 10.3. The first kappa shape index (κ1) is 12.0. The van der Waals surface area contributed by atoms with Gasteiger partial charge < -0.3 is 4.74 Å². The van der Waals surface area contributed by atoms with Crippen LogP contribution in [-0.2, 0) is 0 Å². The van der Waals surface area contributed by atoms with Gasteiger partial charge in [0.25, 0.3) is 0 Å². The second kappa shape index (κ2) is 4.81. The van der Waals surface area contributed by atoms with Gasteiger partial charge in [0, 0.05) is 0 Å². The van der Waals surface area contributed by atoms with Crippen LogP contribution in [0.2, 0.25) is 10.3 Å². The third-order valence-electron chi connectivity index (χ3n) is 1.97. The molecule has 2 aromatic rings. The van der Waals surface area contributed by atoms with Crippen molar-refractivity contribution in [3.05, 3.63) is 34.5 Å². The Morgan fingerprint density at radius 2 is 1.82 bits per heavy atom. The highest BCUT2D eigenvalue weighted by Gasteiger charge is 2.13. The van der Waals surface area contributed by atoms with E-state index in [0.29, 0.717) is 11.4 Å². The van der Waals surface area contributed by atoms with Gasteiger partial charge in [0.1, 0.15) is 11.4 Å². The van der Waals surface area contributed by atoms with Gasteiger partial charge in [0.05, 0.1) is 13.3 Å². The molecule has 0 spiro atoms. The summed E-state index contributed by atoms with van der Waals surface area (Å²) < 4.78 is 18.1. The Balaban J connectivity index is 2.45. The highest BCUT2D eigenvalue weighted by Crippen LogP contribution is 2.23. The van der Waals surface area contributed by atoms with E-state index in [9.17, 15) is 4.39 Å². The SMILES string of the molecule is COc1ccc(-c2nc(Cl)c(F)c(Cl)n2)nc1. The summed E-state index contributed by atoms with van der Waals surface area (Å²) in [5.41, 5.74) is 0.426. The number of ether oxygens (including phenoxy) is 1. The van der Waals surface area contributed by atoms with Crippen LogP contribution in [-0.4, -0.2) is 22.1 Å². The normalized spacial score (nSPS) is 10.4. The van der Waals surface area contributed by atoms with Crippen molar-refractivity contribution in [3.8, 4) is 17.3 Å². The third-order valence-corrected chi connectivity index (χ3v) is 2.47. The quantitative estimate of drug-likeness (QED) is 0.790. The van der Waals surface area contributed by atoms with E-state index in [0.717, 1.165) is 0 Å². The Kier molecular flexibility index (Phi) is 3.40. The zero-order valence-corrected chi connectivity index (χ0v) is 10.1. The van der Waals surface area contributed by atoms with Gasteiger partial charge in [-0.25, -0.2) is 19.3 Å². The minimum Gasteiger partial charge on any atom is -0.495 e. The van der Waals surface area contributed by atoms with Crippen molar-refractivity contribution in [1.82, 2.24) is 15.0 Å². The van der Waals surface area contributed by atoms with E-state index in [-0.39, 0.29) is 16.1 Å². The number of pyridine rings is 1. The summed E-state index contributed by atoms with van der Waals surface area (Å²) in [6, 6.07) is 3.30. The Hall–Kier alpha value is -1.46. The van der Waals surface area contributed by atoms with Gasteiger partial charge in [-0.2, -0.15) is 0 Å². The van der Waals surface area contributed by atoms with Crippen molar-refractivity contribution in [2.75, 3.05) is 7.11 Å². The maximum atomic E-state index is 13.1. The third kappa shape index (κ3) is 2.45. The fourth-order valence-corrected chi connectivity index (χ4v) is 1.53. The molecule has 17 heavy (non-hydrogen) atoms. The topological polar surface area (TPSA) is 47.9 Å². The van der Waals surface area contributed by atoms with Gasteiger partial charge >= 0.3 is 0 Å². The molecule has 0 aliphatic heterocycles. The summed E-state index contributed by atoms with van der Waals surface area (Å²) >= 11 is 11.1. The second-order valence-corrected chi connectivity index (χ2v) is 3.74. The van der Waals surface area contributed by atoms with Crippen molar-refractivity contribution in [3.63, 3.8) is 0 Å². The van der Waals surface area contributed by atoms with Crippen molar-refractivity contribution in [2.24, 2.45) is 0 Å². The molecule has 0 atom stereocenters. The first-order chi connectivity index (χ1) is 8.11. The monoisotopic (exact) mass is 273 g/mol. The van der Waals surface area contributed by atoms with Gasteiger partial charge in [-0.1, -0.05) is 23.2 Å². The smallest absolute Gasteiger partial charge is 0.197 e. The minimum atomic E-state index is -0.842. The molecule has 0 fully saturated rings. The highest BCUT2D eigenvalue weighted by atomic mass is 35.5. The van der Waals surface area contributed by atoms with Crippen LogP contribution in [0.5, 0.6) is 5.75 Å².